The molecule has 2 aliphatic heterocycles. The Morgan fingerprint density at radius 1 is 1.24 bits per heavy atom. The van der Waals surface area contributed by atoms with Crippen molar-refractivity contribution in [1.82, 2.24) is 15.3 Å². The van der Waals surface area contributed by atoms with Crippen LogP contribution in [-0.4, -0.2) is 52.4 Å². The van der Waals surface area contributed by atoms with E-state index in [1.165, 1.54) is 24.3 Å². The third-order valence-electron chi connectivity index (χ3n) is 7.92. The van der Waals surface area contributed by atoms with Gasteiger partial charge in [-0.2, -0.15) is 23.1 Å². The second-order valence-corrected chi connectivity index (χ2v) is 12.5. The van der Waals surface area contributed by atoms with Gasteiger partial charge < -0.3 is 25.8 Å². The fourth-order valence-electron chi connectivity index (χ4n) is 5.98. The third kappa shape index (κ3) is 6.20. The van der Waals surface area contributed by atoms with Crippen LogP contribution >= 0.6 is 34.5 Å². The minimum Gasteiger partial charge on any atom is -0.480 e. The Morgan fingerprint density at radius 2 is 1.98 bits per heavy atom. The molecule has 1 aromatic carbocycles. The van der Waals surface area contributed by atoms with E-state index in [2.05, 4.69) is 15.3 Å². The average Bonchev–Trinajstić information content (AvgIpc) is 3.50. The molecule has 5 rings (SSSR count). The summed E-state index contributed by atoms with van der Waals surface area (Å²) in [5, 5.41) is 13.0. The molecule has 8 nitrogen and oxygen atoms in total. The summed E-state index contributed by atoms with van der Waals surface area (Å²) in [7, 11) is 0. The number of carboxylic acid groups (broad SMARTS) is 1. The van der Waals surface area contributed by atoms with Gasteiger partial charge in [0.05, 0.1) is 4.34 Å². The lowest BCUT2D eigenvalue weighted by atomic mass is 9.71. The van der Waals surface area contributed by atoms with Gasteiger partial charge in [0, 0.05) is 46.2 Å². The summed E-state index contributed by atoms with van der Waals surface area (Å²) < 4.78 is 49.3. The summed E-state index contributed by atoms with van der Waals surface area (Å²) in [6.45, 7) is 3.09. The fourth-order valence-corrected chi connectivity index (χ4v) is 7.23. The van der Waals surface area contributed by atoms with Gasteiger partial charge in [0.15, 0.2) is 0 Å². The summed E-state index contributed by atoms with van der Waals surface area (Å²) in [5.74, 6) is -1.06. The van der Waals surface area contributed by atoms with Crippen LogP contribution in [0.1, 0.15) is 44.3 Å². The topological polar surface area (TPSA) is 114 Å². The molecule has 2 fully saturated rings. The molecule has 2 saturated heterocycles. The molecular formula is C27H28Cl2F3N5O3S. The van der Waals surface area contributed by atoms with Gasteiger partial charge in [0.2, 0.25) is 17.9 Å². The molecule has 2 aliphatic rings. The Balaban J connectivity index is 1.40. The van der Waals surface area contributed by atoms with Crippen molar-refractivity contribution in [2.45, 2.75) is 57.0 Å². The first-order valence-corrected chi connectivity index (χ1v) is 14.6. The van der Waals surface area contributed by atoms with Gasteiger partial charge in [-0.05, 0) is 55.4 Å². The number of rotatable bonds is 7. The molecular weight excluding hydrogens is 602 g/mol. The van der Waals surface area contributed by atoms with E-state index < -0.39 is 24.3 Å². The number of aromatic nitrogens is 2. The third-order valence-corrected chi connectivity index (χ3v) is 9.42. The van der Waals surface area contributed by atoms with Crippen molar-refractivity contribution in [2.24, 2.45) is 5.41 Å². The van der Waals surface area contributed by atoms with Crippen molar-refractivity contribution >= 4 is 52.3 Å². The van der Waals surface area contributed by atoms with Crippen molar-refractivity contribution in [2.75, 3.05) is 23.7 Å². The highest BCUT2D eigenvalue weighted by Gasteiger charge is 2.50. The monoisotopic (exact) mass is 629 g/mol. The number of aliphatic carboxylic acids is 1. The van der Waals surface area contributed by atoms with Crippen molar-refractivity contribution < 1.29 is 27.8 Å². The highest BCUT2D eigenvalue weighted by molar-refractivity contribution is 7.19. The second-order valence-electron chi connectivity index (χ2n) is 10.4. The van der Waals surface area contributed by atoms with Gasteiger partial charge >= 0.3 is 12.1 Å². The van der Waals surface area contributed by atoms with E-state index in [0.29, 0.717) is 47.4 Å². The number of halogens is 5. The number of carboxylic acids is 1. The summed E-state index contributed by atoms with van der Waals surface area (Å²) in [5.41, 5.74) is 5.85. The van der Waals surface area contributed by atoms with Gasteiger partial charge in [-0.3, -0.25) is 4.79 Å². The van der Waals surface area contributed by atoms with Crippen LogP contribution in [0.3, 0.4) is 0 Å². The number of nitrogens with zero attached hydrogens (tertiary/aromatic N) is 3. The quantitative estimate of drug-likeness (QED) is 0.268. The molecule has 4 N–H and O–H groups in total. The number of hydrogen-bond donors (Lipinski definition) is 3. The molecule has 0 radical (unpaired) electrons. The largest absolute Gasteiger partial charge is 0.480 e. The van der Waals surface area contributed by atoms with Crippen LogP contribution in [0.5, 0.6) is 5.88 Å². The molecule has 2 unspecified atom stereocenters. The highest BCUT2D eigenvalue weighted by atomic mass is 35.5. The Hall–Kier alpha value is -2.80. The van der Waals surface area contributed by atoms with E-state index in [0.717, 1.165) is 17.8 Å². The van der Waals surface area contributed by atoms with Gasteiger partial charge in [0.25, 0.3) is 0 Å². The lowest BCUT2D eigenvalue weighted by Crippen LogP contribution is -2.46. The van der Waals surface area contributed by atoms with Gasteiger partial charge in [0.1, 0.15) is 11.9 Å². The molecule has 2 aromatic heterocycles. The maximum atomic E-state index is 14.5. The number of nitrogen functional groups attached to an aromatic ring is 1. The number of nitrogens with one attached hydrogen (secondary N) is 1. The normalized spacial score (nSPS) is 21.3. The highest BCUT2D eigenvalue weighted by Crippen LogP contribution is 2.47. The molecule has 14 heteroatoms. The van der Waals surface area contributed by atoms with Crippen molar-refractivity contribution in [3.63, 3.8) is 0 Å². The molecule has 3 aromatic rings. The van der Waals surface area contributed by atoms with Crippen LogP contribution in [-0.2, 0) is 4.79 Å². The Labute approximate surface area is 248 Å². The average molecular weight is 631 g/mol. The first-order valence-electron chi connectivity index (χ1n) is 13.1. The van der Waals surface area contributed by atoms with Crippen LogP contribution in [0.25, 0.3) is 10.4 Å². The fraction of sp³-hybridized carbons (Fsp3) is 0.444. The first kappa shape index (κ1) is 29.7. The minimum absolute atomic E-state index is 0.0689. The molecule has 3 atom stereocenters. The van der Waals surface area contributed by atoms with Crippen LogP contribution in [0.4, 0.5) is 24.9 Å². The Bertz CT molecular complexity index is 1430. The number of piperidine rings is 1. The lowest BCUT2D eigenvalue weighted by molar-refractivity contribution is -0.198. The maximum absolute atomic E-state index is 14.5. The van der Waals surface area contributed by atoms with Crippen LogP contribution in [0, 0.1) is 5.41 Å². The molecule has 0 amide bonds. The van der Waals surface area contributed by atoms with Crippen LogP contribution in [0.2, 0.25) is 9.36 Å². The van der Waals surface area contributed by atoms with Gasteiger partial charge in [-0.1, -0.05) is 36.2 Å². The number of ether oxygens (including phenoxy) is 1. The van der Waals surface area contributed by atoms with E-state index in [4.69, 9.17) is 33.7 Å². The number of anilines is 2. The van der Waals surface area contributed by atoms with E-state index in [1.807, 2.05) is 11.8 Å². The zero-order chi connectivity index (χ0) is 29.5. The number of thiophene rings is 1. The SMILES string of the molecule is CCC1NC(C(=O)O)CC12CCN(c1cc(O[C@H](c3ccc(Cl)cc3-c3ccc(Cl)s3)C(F)(F)F)nc(N)n1)CC2. The summed E-state index contributed by atoms with van der Waals surface area (Å²) in [6.07, 6.45) is -4.44. The Morgan fingerprint density at radius 3 is 2.59 bits per heavy atom. The molecule has 0 saturated carbocycles. The van der Waals surface area contributed by atoms with Crippen molar-refractivity contribution in [3.8, 4) is 16.3 Å². The standard InChI is InChI=1S/C27H28Cl2F3N5O3S/c1-2-19-26(13-17(34-19)24(38)39)7-9-37(10-8-26)21-12-22(36-25(33)35-21)40-23(27(30,31)32)15-4-3-14(28)11-16(15)18-5-6-20(29)41-18/h3-6,11-12,17,19,23,34H,2,7-10,13H2,1H3,(H,38,39)(H2,33,35,36)/t17?,19?,23-/m1/s1. The number of hydrogen-bond acceptors (Lipinski definition) is 8. The number of alkyl halides is 3. The second kappa shape index (κ2) is 11.5. The molecule has 0 aliphatic carbocycles. The van der Waals surface area contributed by atoms with E-state index in [1.54, 1.807) is 12.1 Å². The Kier molecular flexibility index (Phi) is 8.30. The zero-order valence-electron chi connectivity index (χ0n) is 21.9. The smallest absolute Gasteiger partial charge is 0.429 e. The number of benzene rings is 1. The molecule has 41 heavy (non-hydrogen) atoms. The lowest BCUT2D eigenvalue weighted by Gasteiger charge is -2.43. The minimum atomic E-state index is -4.80. The predicted molar refractivity (Wildman–Crippen MR) is 153 cm³/mol. The predicted octanol–water partition coefficient (Wildman–Crippen LogP) is 6.59. The summed E-state index contributed by atoms with van der Waals surface area (Å²) in [6, 6.07) is 8.15. The molecule has 1 spiro atoms. The summed E-state index contributed by atoms with van der Waals surface area (Å²) >= 11 is 13.3. The molecule has 220 valence electrons. The van der Waals surface area contributed by atoms with E-state index in [9.17, 15) is 23.1 Å². The van der Waals surface area contributed by atoms with Gasteiger partial charge in [-0.15, -0.1) is 11.3 Å². The maximum Gasteiger partial charge on any atom is 0.429 e. The van der Waals surface area contributed by atoms with Crippen molar-refractivity contribution in [3.05, 3.63) is 51.3 Å². The van der Waals surface area contributed by atoms with E-state index >= 15 is 0 Å². The van der Waals surface area contributed by atoms with Crippen LogP contribution in [0.15, 0.2) is 36.4 Å². The number of carbonyl (C=O) groups is 1. The van der Waals surface area contributed by atoms with E-state index in [-0.39, 0.29) is 39.4 Å². The zero-order valence-corrected chi connectivity index (χ0v) is 24.2. The first-order chi connectivity index (χ1) is 19.4. The van der Waals surface area contributed by atoms with Gasteiger partial charge in [-0.25, -0.2) is 0 Å². The molecule has 4 heterocycles. The number of nitrogens with two attached hydrogens (primary N) is 1. The van der Waals surface area contributed by atoms with Crippen LogP contribution < -0.4 is 20.7 Å². The molecule has 0 bridgehead atoms. The summed E-state index contributed by atoms with van der Waals surface area (Å²) in [4.78, 5) is 22.3. The van der Waals surface area contributed by atoms with Crippen molar-refractivity contribution in [1.29, 1.82) is 0 Å².